The van der Waals surface area contributed by atoms with Gasteiger partial charge in [0, 0.05) is 25.8 Å². The molecule has 9 heteroatoms. The van der Waals surface area contributed by atoms with E-state index in [0.717, 1.165) is 70.8 Å². The van der Waals surface area contributed by atoms with Crippen molar-refractivity contribution in [2.75, 3.05) is 33.9 Å². The molecule has 1 saturated heterocycles. The third-order valence-corrected chi connectivity index (χ3v) is 10.7. The van der Waals surface area contributed by atoms with Gasteiger partial charge in [-0.2, -0.15) is 0 Å². The lowest BCUT2D eigenvalue weighted by molar-refractivity contribution is -0.210. The summed E-state index contributed by atoms with van der Waals surface area (Å²) in [5.41, 5.74) is 0. The Morgan fingerprint density at radius 1 is 0.545 bits per heavy atom. The van der Waals surface area contributed by atoms with Crippen LogP contribution >= 0.6 is 0 Å². The van der Waals surface area contributed by atoms with E-state index in [0.29, 0.717) is 13.0 Å². The molecule has 0 aromatic heterocycles. The van der Waals surface area contributed by atoms with Crippen molar-refractivity contribution >= 4 is 17.9 Å². The van der Waals surface area contributed by atoms with Gasteiger partial charge in [-0.15, -0.1) is 0 Å². The molecule has 1 heterocycles. The maximum Gasteiger partial charge on any atom is 0.306 e. The highest BCUT2D eigenvalue weighted by Gasteiger charge is 2.42. The van der Waals surface area contributed by atoms with Crippen LogP contribution in [0.2, 0.25) is 0 Å². The molecule has 0 N–H and O–H groups in total. The topological polar surface area (TPSA) is 101 Å². The summed E-state index contributed by atoms with van der Waals surface area (Å²) in [6.45, 7) is 7.65. The van der Waals surface area contributed by atoms with Crippen molar-refractivity contribution in [2.24, 2.45) is 0 Å². The van der Waals surface area contributed by atoms with Gasteiger partial charge in [0.25, 0.3) is 0 Å². The third kappa shape index (κ3) is 30.1. The fraction of sp³-hybridized carbons (Fsp3) is 0.935. The van der Waals surface area contributed by atoms with Crippen molar-refractivity contribution in [3.63, 3.8) is 0 Å². The Kier molecular flexibility index (Phi) is 34.2. The van der Waals surface area contributed by atoms with Crippen molar-refractivity contribution in [1.29, 1.82) is 0 Å². The first kappa shape index (κ1) is 51.3. The van der Waals surface area contributed by atoms with E-state index < -0.39 is 18.5 Å². The van der Waals surface area contributed by atoms with Gasteiger partial charge in [-0.05, 0) is 39.8 Å². The predicted molar refractivity (Wildman–Crippen MR) is 224 cm³/mol. The molecule has 0 bridgehead atoms. The van der Waals surface area contributed by atoms with Crippen LogP contribution in [0, 0.1) is 0 Å². The highest BCUT2D eigenvalue weighted by molar-refractivity contribution is 5.71. The van der Waals surface area contributed by atoms with Crippen molar-refractivity contribution < 1.29 is 38.1 Å². The van der Waals surface area contributed by atoms with Crippen molar-refractivity contribution in [3.05, 3.63) is 0 Å². The maximum atomic E-state index is 13.3. The highest BCUT2D eigenvalue weighted by Crippen LogP contribution is 2.25. The number of hydrogen-bond acceptors (Lipinski definition) is 9. The molecule has 4 unspecified atom stereocenters. The van der Waals surface area contributed by atoms with Crippen molar-refractivity contribution in [1.82, 2.24) is 4.90 Å². The monoisotopic (exact) mass is 782 g/mol. The molecule has 4 atom stereocenters. The number of carbonyl (C=O) groups excluding carboxylic acids is 3. The molecule has 9 nitrogen and oxygen atoms in total. The molecule has 324 valence electrons. The molecule has 0 aromatic rings. The van der Waals surface area contributed by atoms with Crippen LogP contribution in [0.3, 0.4) is 0 Å². The molecule has 1 rings (SSSR count). The Labute approximate surface area is 338 Å². The van der Waals surface area contributed by atoms with E-state index in [1.54, 1.807) is 0 Å². The van der Waals surface area contributed by atoms with E-state index in [1.165, 1.54) is 116 Å². The molecule has 0 aliphatic carbocycles. The summed E-state index contributed by atoms with van der Waals surface area (Å²) in [5.74, 6) is -1.09. The standard InChI is InChI=1S/C46H87NO8/c1-6-9-12-15-18-21-24-27-30-33-42(48)51-39-41(54-43(49)34-31-28-25-22-19-16-13-10-7-2)45(46-52-38-40(53-46)36-37-47(4)5)55-44(50)35-32-29-26-23-20-17-14-11-8-3/h40-41,45-46H,6-39H2,1-5H3. The first-order chi connectivity index (χ1) is 26.8. The average Bonchev–Trinajstić information content (AvgIpc) is 3.64. The van der Waals surface area contributed by atoms with E-state index in [-0.39, 0.29) is 43.5 Å². The molecule has 0 aromatic carbocycles. The zero-order valence-electron chi connectivity index (χ0n) is 36.6. The van der Waals surface area contributed by atoms with Crippen LogP contribution in [0.15, 0.2) is 0 Å². The molecule has 1 aliphatic rings. The van der Waals surface area contributed by atoms with E-state index in [1.807, 2.05) is 14.1 Å². The minimum absolute atomic E-state index is 0.182. The largest absolute Gasteiger partial charge is 0.462 e. The lowest BCUT2D eigenvalue weighted by atomic mass is 10.1. The van der Waals surface area contributed by atoms with Crippen LogP contribution in [0.1, 0.15) is 220 Å². The second kappa shape index (κ2) is 36.6. The highest BCUT2D eigenvalue weighted by atomic mass is 16.7. The average molecular weight is 782 g/mol. The summed E-state index contributed by atoms with van der Waals surface area (Å²) < 4.78 is 30.2. The summed E-state index contributed by atoms with van der Waals surface area (Å²) in [6.07, 6.45) is 29.5. The van der Waals surface area contributed by atoms with Crippen LogP contribution in [0.4, 0.5) is 0 Å². The number of rotatable bonds is 39. The Bertz CT molecular complexity index is 914. The molecular weight excluding hydrogens is 695 g/mol. The Morgan fingerprint density at radius 3 is 1.35 bits per heavy atom. The van der Waals surface area contributed by atoms with Crippen LogP contribution in [-0.4, -0.2) is 81.3 Å². The SMILES string of the molecule is CCCCCCCCCCCC(=O)OCC(OC(=O)CCCCCCCCCCC)C(OC(=O)CCCCCCCCCCC)C1OCC(CCN(C)C)O1. The first-order valence-electron chi connectivity index (χ1n) is 23.3. The molecule has 0 amide bonds. The number of carbonyl (C=O) groups is 3. The minimum Gasteiger partial charge on any atom is -0.462 e. The van der Waals surface area contributed by atoms with Crippen molar-refractivity contribution in [2.45, 2.75) is 244 Å². The number of ether oxygens (including phenoxy) is 5. The quantitative estimate of drug-likeness (QED) is 0.0343. The summed E-state index contributed by atoms with van der Waals surface area (Å²) in [5, 5.41) is 0. The fourth-order valence-corrected chi connectivity index (χ4v) is 7.12. The van der Waals surface area contributed by atoms with Gasteiger partial charge >= 0.3 is 17.9 Å². The van der Waals surface area contributed by atoms with Gasteiger partial charge in [0.15, 0.2) is 18.5 Å². The van der Waals surface area contributed by atoms with Gasteiger partial charge in [-0.25, -0.2) is 0 Å². The second-order valence-electron chi connectivity index (χ2n) is 16.5. The summed E-state index contributed by atoms with van der Waals surface area (Å²) in [7, 11) is 4.02. The van der Waals surface area contributed by atoms with E-state index in [9.17, 15) is 14.4 Å². The van der Waals surface area contributed by atoms with Gasteiger partial charge in [-0.1, -0.05) is 175 Å². The zero-order valence-corrected chi connectivity index (χ0v) is 36.6. The predicted octanol–water partition coefficient (Wildman–Crippen LogP) is 11.8. The Balaban J connectivity index is 2.85. The lowest BCUT2D eigenvalue weighted by Gasteiger charge is -2.30. The van der Waals surface area contributed by atoms with Crippen LogP contribution in [0.25, 0.3) is 0 Å². The Hall–Kier alpha value is -1.71. The molecular formula is C46H87NO8. The number of hydrogen-bond donors (Lipinski definition) is 0. The smallest absolute Gasteiger partial charge is 0.306 e. The zero-order chi connectivity index (χ0) is 40.2. The maximum absolute atomic E-state index is 13.3. The molecule has 0 radical (unpaired) electrons. The number of unbranched alkanes of at least 4 members (excludes halogenated alkanes) is 24. The van der Waals surface area contributed by atoms with Crippen LogP contribution < -0.4 is 0 Å². The van der Waals surface area contributed by atoms with Crippen molar-refractivity contribution in [3.8, 4) is 0 Å². The molecule has 1 aliphatic heterocycles. The molecule has 1 fully saturated rings. The minimum atomic E-state index is -1.04. The van der Waals surface area contributed by atoms with E-state index >= 15 is 0 Å². The molecule has 55 heavy (non-hydrogen) atoms. The van der Waals surface area contributed by atoms with Gasteiger partial charge in [0.2, 0.25) is 0 Å². The lowest BCUT2D eigenvalue weighted by Crippen LogP contribution is -2.47. The summed E-state index contributed by atoms with van der Waals surface area (Å²) in [6, 6.07) is 0. The Morgan fingerprint density at radius 2 is 0.927 bits per heavy atom. The molecule has 0 spiro atoms. The third-order valence-electron chi connectivity index (χ3n) is 10.7. The summed E-state index contributed by atoms with van der Waals surface area (Å²) >= 11 is 0. The fourth-order valence-electron chi connectivity index (χ4n) is 7.12. The van der Waals surface area contributed by atoms with Crippen LogP contribution in [0.5, 0.6) is 0 Å². The van der Waals surface area contributed by atoms with Crippen LogP contribution in [-0.2, 0) is 38.1 Å². The van der Waals surface area contributed by atoms with E-state index in [2.05, 4.69) is 25.7 Å². The van der Waals surface area contributed by atoms with Gasteiger partial charge in [0.05, 0.1) is 12.7 Å². The van der Waals surface area contributed by atoms with E-state index in [4.69, 9.17) is 23.7 Å². The molecule has 0 saturated carbocycles. The van der Waals surface area contributed by atoms with Gasteiger partial charge in [-0.3, -0.25) is 14.4 Å². The first-order valence-corrected chi connectivity index (χ1v) is 23.3. The second-order valence-corrected chi connectivity index (χ2v) is 16.5. The number of esters is 3. The normalized spacial score (nSPS) is 16.7. The van der Waals surface area contributed by atoms with Gasteiger partial charge in [0.1, 0.15) is 6.61 Å². The number of nitrogens with zero attached hydrogens (tertiary/aromatic N) is 1. The van der Waals surface area contributed by atoms with Gasteiger partial charge < -0.3 is 28.6 Å². The summed E-state index contributed by atoms with van der Waals surface area (Å²) in [4.78, 5) is 41.6.